The molecule has 0 spiro atoms. The number of hydrogen-bond donors (Lipinski definition) is 2. The molecular weight excluding hydrogens is 246 g/mol. The molecule has 4 nitrogen and oxygen atoms in total. The molecule has 0 atom stereocenters. The third-order valence-corrected chi connectivity index (χ3v) is 5.80. The van der Waals surface area contributed by atoms with E-state index in [4.69, 9.17) is 5.11 Å². The van der Waals surface area contributed by atoms with Crippen LogP contribution in [0.1, 0.15) is 29.7 Å². The monoisotopic (exact) mass is 261 g/mol. The molecule has 1 saturated carbocycles. The van der Waals surface area contributed by atoms with Gasteiger partial charge in [0.25, 0.3) is 0 Å². The van der Waals surface area contributed by atoms with Crippen molar-refractivity contribution in [3.8, 4) is 0 Å². The van der Waals surface area contributed by atoms with Gasteiger partial charge in [-0.05, 0) is 30.7 Å². The highest BCUT2D eigenvalue weighted by Crippen LogP contribution is 2.28. The van der Waals surface area contributed by atoms with Gasteiger partial charge in [0.2, 0.25) is 10.0 Å². The third-order valence-electron chi connectivity index (χ3n) is 2.83. The fourth-order valence-corrected chi connectivity index (χ4v) is 4.73. The molecule has 1 fully saturated rings. The van der Waals surface area contributed by atoms with Crippen LogP contribution in [0.15, 0.2) is 10.3 Å². The molecule has 0 amide bonds. The topological polar surface area (TPSA) is 66.4 Å². The Morgan fingerprint density at radius 1 is 1.56 bits per heavy atom. The van der Waals surface area contributed by atoms with Crippen molar-refractivity contribution in [2.75, 3.05) is 0 Å². The van der Waals surface area contributed by atoms with Crippen molar-refractivity contribution in [3.05, 3.63) is 15.8 Å². The molecule has 1 aliphatic carbocycles. The van der Waals surface area contributed by atoms with E-state index in [1.165, 1.54) is 11.3 Å². The zero-order chi connectivity index (χ0) is 11.8. The fraction of sp³-hybridized carbons (Fsp3) is 0.600. The maximum absolute atomic E-state index is 12.1. The maximum atomic E-state index is 12.1. The first-order chi connectivity index (χ1) is 7.54. The minimum atomic E-state index is -3.45. The Morgan fingerprint density at radius 3 is 2.75 bits per heavy atom. The van der Waals surface area contributed by atoms with E-state index in [2.05, 4.69) is 4.72 Å². The quantitative estimate of drug-likeness (QED) is 0.860. The smallest absolute Gasteiger partial charge is 0.242 e. The number of aliphatic hydroxyl groups excluding tert-OH is 1. The Labute approximate surface area is 99.4 Å². The number of aryl methyl sites for hydroxylation is 1. The Kier molecular flexibility index (Phi) is 3.34. The lowest BCUT2D eigenvalue weighted by Crippen LogP contribution is -2.39. The van der Waals surface area contributed by atoms with Crippen LogP contribution in [0.2, 0.25) is 0 Å². The molecule has 0 bridgehead atoms. The second-order valence-electron chi connectivity index (χ2n) is 4.08. The summed E-state index contributed by atoms with van der Waals surface area (Å²) in [7, 11) is -3.45. The molecule has 2 N–H and O–H groups in total. The summed E-state index contributed by atoms with van der Waals surface area (Å²) in [5, 5.41) is 10.9. The summed E-state index contributed by atoms with van der Waals surface area (Å²) in [5.74, 6) is 0. The lowest BCUT2D eigenvalue weighted by Gasteiger charge is -2.26. The van der Waals surface area contributed by atoms with Crippen LogP contribution < -0.4 is 4.72 Å². The molecule has 16 heavy (non-hydrogen) atoms. The van der Waals surface area contributed by atoms with Crippen molar-refractivity contribution in [2.45, 2.75) is 43.7 Å². The van der Waals surface area contributed by atoms with Gasteiger partial charge in [0, 0.05) is 6.04 Å². The van der Waals surface area contributed by atoms with Crippen LogP contribution >= 0.6 is 11.3 Å². The Bertz CT molecular complexity index is 474. The summed E-state index contributed by atoms with van der Waals surface area (Å²) in [6, 6.07) is 0.0795. The van der Waals surface area contributed by atoms with Gasteiger partial charge in [-0.3, -0.25) is 0 Å². The van der Waals surface area contributed by atoms with Crippen LogP contribution in [0.3, 0.4) is 0 Å². The Hall–Kier alpha value is -0.430. The second-order valence-corrected chi connectivity index (χ2v) is 6.69. The highest BCUT2D eigenvalue weighted by molar-refractivity contribution is 7.89. The zero-order valence-electron chi connectivity index (χ0n) is 9.06. The van der Waals surface area contributed by atoms with E-state index < -0.39 is 10.0 Å². The lowest BCUT2D eigenvalue weighted by molar-refractivity contribution is 0.282. The van der Waals surface area contributed by atoms with E-state index in [-0.39, 0.29) is 17.5 Å². The molecule has 0 radical (unpaired) electrons. The predicted octanol–water partition coefficient (Wildman–Crippen LogP) is 1.38. The van der Waals surface area contributed by atoms with E-state index in [1.807, 2.05) is 0 Å². The van der Waals surface area contributed by atoms with Gasteiger partial charge in [0.15, 0.2) is 0 Å². The molecule has 2 rings (SSSR count). The van der Waals surface area contributed by atoms with Gasteiger partial charge < -0.3 is 5.11 Å². The van der Waals surface area contributed by atoms with Crippen LogP contribution in [0, 0.1) is 6.92 Å². The van der Waals surface area contributed by atoms with E-state index in [1.54, 1.807) is 12.3 Å². The average molecular weight is 261 g/mol. The summed E-state index contributed by atoms with van der Waals surface area (Å²) in [6.45, 7) is 1.53. The standard InChI is InChI=1S/C10H15NO3S2/c1-7-6-15-9(5-12)10(7)16(13,14)11-8-3-2-4-8/h6,8,11-12H,2-5H2,1H3. The highest BCUT2D eigenvalue weighted by atomic mass is 32.2. The molecule has 0 unspecified atom stereocenters. The largest absolute Gasteiger partial charge is 0.391 e. The van der Waals surface area contributed by atoms with Gasteiger partial charge in [-0.15, -0.1) is 11.3 Å². The van der Waals surface area contributed by atoms with Crippen LogP contribution in [0.25, 0.3) is 0 Å². The van der Waals surface area contributed by atoms with Gasteiger partial charge in [-0.25, -0.2) is 13.1 Å². The lowest BCUT2D eigenvalue weighted by atomic mass is 9.94. The van der Waals surface area contributed by atoms with Crippen molar-refractivity contribution in [3.63, 3.8) is 0 Å². The molecule has 90 valence electrons. The molecule has 1 aromatic rings. The number of thiophene rings is 1. The van der Waals surface area contributed by atoms with Gasteiger partial charge in [-0.2, -0.15) is 0 Å². The summed E-state index contributed by atoms with van der Waals surface area (Å²) in [4.78, 5) is 0.788. The molecule has 0 aromatic carbocycles. The van der Waals surface area contributed by atoms with Crippen molar-refractivity contribution < 1.29 is 13.5 Å². The van der Waals surface area contributed by atoms with Crippen LogP contribution in [0.5, 0.6) is 0 Å². The summed E-state index contributed by atoms with van der Waals surface area (Å²) < 4.78 is 26.8. The minimum Gasteiger partial charge on any atom is -0.391 e. The van der Waals surface area contributed by atoms with Gasteiger partial charge in [0.05, 0.1) is 11.5 Å². The van der Waals surface area contributed by atoms with E-state index >= 15 is 0 Å². The number of aliphatic hydroxyl groups is 1. The fourth-order valence-electron chi connectivity index (χ4n) is 1.76. The molecule has 6 heteroatoms. The number of hydrogen-bond acceptors (Lipinski definition) is 4. The number of sulfonamides is 1. The summed E-state index contributed by atoms with van der Waals surface area (Å²) >= 11 is 1.29. The molecule has 1 heterocycles. The van der Waals surface area contributed by atoms with Crippen molar-refractivity contribution in [2.24, 2.45) is 0 Å². The highest BCUT2D eigenvalue weighted by Gasteiger charge is 2.28. The SMILES string of the molecule is Cc1csc(CO)c1S(=O)(=O)NC1CCC1. The number of nitrogens with one attached hydrogen (secondary N) is 1. The first-order valence-corrected chi connectivity index (χ1v) is 7.61. The minimum absolute atomic E-state index is 0.0795. The van der Waals surface area contributed by atoms with Crippen molar-refractivity contribution >= 4 is 21.4 Å². The van der Waals surface area contributed by atoms with Crippen LogP contribution in [0.4, 0.5) is 0 Å². The Balaban J connectivity index is 2.30. The molecule has 1 aromatic heterocycles. The summed E-state index contributed by atoms with van der Waals surface area (Å²) in [6.07, 6.45) is 2.91. The van der Waals surface area contributed by atoms with Crippen LogP contribution in [-0.4, -0.2) is 19.6 Å². The van der Waals surface area contributed by atoms with E-state index in [0.29, 0.717) is 10.4 Å². The first-order valence-electron chi connectivity index (χ1n) is 5.25. The maximum Gasteiger partial charge on any atom is 0.242 e. The van der Waals surface area contributed by atoms with Crippen LogP contribution in [-0.2, 0) is 16.6 Å². The normalized spacial score (nSPS) is 17.4. The van der Waals surface area contributed by atoms with Gasteiger partial charge >= 0.3 is 0 Å². The molecular formula is C10H15NO3S2. The third kappa shape index (κ3) is 2.15. The Morgan fingerprint density at radius 2 is 2.25 bits per heavy atom. The second kappa shape index (κ2) is 4.44. The van der Waals surface area contributed by atoms with Gasteiger partial charge in [0.1, 0.15) is 4.90 Å². The van der Waals surface area contributed by atoms with Crippen molar-refractivity contribution in [1.29, 1.82) is 0 Å². The van der Waals surface area contributed by atoms with E-state index in [9.17, 15) is 8.42 Å². The average Bonchev–Trinajstić information content (AvgIpc) is 2.54. The molecule has 0 aliphatic heterocycles. The zero-order valence-corrected chi connectivity index (χ0v) is 10.7. The predicted molar refractivity (Wildman–Crippen MR) is 62.9 cm³/mol. The summed E-state index contributed by atoms with van der Waals surface area (Å²) in [5.41, 5.74) is 0.709. The van der Waals surface area contributed by atoms with Gasteiger partial charge in [-0.1, -0.05) is 6.42 Å². The number of rotatable bonds is 4. The molecule has 0 saturated heterocycles. The molecule has 1 aliphatic rings. The van der Waals surface area contributed by atoms with E-state index in [0.717, 1.165) is 19.3 Å². The first kappa shape index (κ1) is 12.0. The van der Waals surface area contributed by atoms with Crippen molar-refractivity contribution in [1.82, 2.24) is 4.72 Å².